The number of benzene rings is 9. The molecule has 9 aromatic carbocycles. The van der Waals surface area contributed by atoms with E-state index in [1.54, 1.807) is 17.8 Å². The normalized spacial score (nSPS) is 14.1. The van der Waals surface area contributed by atoms with Gasteiger partial charge in [-0.05, 0) is 110 Å². The molecule has 0 fully saturated rings. The van der Waals surface area contributed by atoms with Gasteiger partial charge in [-0.25, -0.2) is 0 Å². The largest absolute Gasteiger partial charge is 0.418 e. The van der Waals surface area contributed by atoms with Gasteiger partial charge in [-0.2, -0.15) is 13.2 Å². The summed E-state index contributed by atoms with van der Waals surface area (Å²) in [5.41, 5.74) is 18.2. The number of rotatable bonds is 7. The number of anilines is 6. The van der Waals surface area contributed by atoms with Gasteiger partial charge in [-0.1, -0.05) is 206 Å². The van der Waals surface area contributed by atoms with Crippen molar-refractivity contribution in [1.29, 1.82) is 0 Å². The number of para-hydroxylation sites is 2. The fourth-order valence-corrected chi connectivity index (χ4v) is 12.6. The summed E-state index contributed by atoms with van der Waals surface area (Å²) in [5, 5.41) is 0. The fourth-order valence-electron chi connectivity index (χ4n) is 11.4. The van der Waals surface area contributed by atoms with E-state index in [9.17, 15) is 0 Å². The topological polar surface area (TPSA) is 6.48 Å². The predicted molar refractivity (Wildman–Crippen MR) is 290 cm³/mol. The summed E-state index contributed by atoms with van der Waals surface area (Å²) in [7, 11) is 0. The molecular formula is C62H41B2F3N2S. The smallest absolute Gasteiger partial charge is 0.312 e. The Bertz CT molecular complexity index is 3670. The van der Waals surface area contributed by atoms with E-state index in [4.69, 9.17) is 0 Å². The summed E-state index contributed by atoms with van der Waals surface area (Å²) in [6.45, 7) is 5.56. The minimum absolute atomic E-state index is 0.100. The first kappa shape index (κ1) is 42.2. The zero-order valence-electron chi connectivity index (χ0n) is 38.1. The maximum atomic E-state index is 16.0. The lowest BCUT2D eigenvalue weighted by Gasteiger charge is -2.50. The van der Waals surface area contributed by atoms with Crippen molar-refractivity contribution in [3.8, 4) is 22.3 Å². The highest BCUT2D eigenvalue weighted by Crippen LogP contribution is 2.52. The number of alkyl halides is 3. The number of allylic oxidation sites excluding steroid dienone is 5. The monoisotopic (exact) mass is 924 g/mol. The number of nitrogens with zero attached hydrogens (tertiary/aromatic N) is 2. The van der Waals surface area contributed by atoms with E-state index in [-0.39, 0.29) is 19.1 Å². The van der Waals surface area contributed by atoms with E-state index in [2.05, 4.69) is 133 Å². The van der Waals surface area contributed by atoms with Crippen molar-refractivity contribution in [3.05, 3.63) is 242 Å². The Balaban J connectivity index is 1.13. The van der Waals surface area contributed by atoms with Crippen molar-refractivity contribution < 1.29 is 13.2 Å². The molecule has 0 saturated heterocycles. The van der Waals surface area contributed by atoms with Crippen molar-refractivity contribution in [3.63, 3.8) is 0 Å². The van der Waals surface area contributed by atoms with E-state index in [1.807, 2.05) is 90.7 Å². The zero-order valence-corrected chi connectivity index (χ0v) is 38.9. The van der Waals surface area contributed by atoms with Crippen molar-refractivity contribution in [2.24, 2.45) is 0 Å². The first-order chi connectivity index (χ1) is 34.3. The average molecular weight is 925 g/mol. The van der Waals surface area contributed by atoms with Gasteiger partial charge < -0.3 is 9.80 Å². The molecule has 2 nitrogen and oxygen atoms in total. The molecule has 0 amide bonds. The Morgan fingerprint density at radius 3 is 1.69 bits per heavy atom. The van der Waals surface area contributed by atoms with Gasteiger partial charge in [0.05, 0.1) is 11.3 Å². The molecule has 0 bridgehead atoms. The third-order valence-corrected chi connectivity index (χ3v) is 15.7. The molecule has 13 rings (SSSR count). The van der Waals surface area contributed by atoms with Gasteiger partial charge in [0.2, 0.25) is 6.71 Å². The summed E-state index contributed by atoms with van der Waals surface area (Å²) >= 11 is 1.71. The van der Waals surface area contributed by atoms with Gasteiger partial charge in [-0.3, -0.25) is 0 Å². The Morgan fingerprint density at radius 1 is 0.486 bits per heavy atom. The Hall–Kier alpha value is -7.93. The minimum atomic E-state index is -4.68. The third-order valence-electron chi connectivity index (χ3n) is 14.5. The molecule has 4 aliphatic rings. The van der Waals surface area contributed by atoms with Crippen LogP contribution in [0, 0.1) is 0 Å². The van der Waals surface area contributed by atoms with E-state index >= 15 is 13.2 Å². The van der Waals surface area contributed by atoms with Crippen LogP contribution in [0.4, 0.5) is 47.3 Å². The molecule has 0 saturated carbocycles. The quantitative estimate of drug-likeness (QED) is 0.116. The van der Waals surface area contributed by atoms with Crippen molar-refractivity contribution >= 4 is 103 Å². The summed E-state index contributed by atoms with van der Waals surface area (Å²) in [6.07, 6.45) is 0.972. The second-order valence-corrected chi connectivity index (χ2v) is 19.4. The maximum absolute atomic E-state index is 16.0. The summed E-state index contributed by atoms with van der Waals surface area (Å²) in [4.78, 5) is 6.55. The Labute approximate surface area is 411 Å². The molecule has 332 valence electrons. The molecule has 0 unspecified atom stereocenters. The Kier molecular flexibility index (Phi) is 9.86. The molecule has 8 heteroatoms. The molecular weight excluding hydrogens is 883 g/mol. The third kappa shape index (κ3) is 6.54. The van der Waals surface area contributed by atoms with Gasteiger partial charge in [0, 0.05) is 43.8 Å². The van der Waals surface area contributed by atoms with E-state index in [0.29, 0.717) is 11.1 Å². The van der Waals surface area contributed by atoms with Crippen LogP contribution in [0.5, 0.6) is 0 Å². The van der Waals surface area contributed by atoms with Crippen molar-refractivity contribution in [2.75, 3.05) is 9.80 Å². The molecule has 0 aromatic heterocycles. The van der Waals surface area contributed by atoms with Crippen molar-refractivity contribution in [2.45, 2.75) is 22.9 Å². The summed E-state index contributed by atoms with van der Waals surface area (Å²) in [6, 6.07) is 68.1. The first-order valence-electron chi connectivity index (χ1n) is 23.6. The van der Waals surface area contributed by atoms with Crippen LogP contribution >= 0.6 is 11.8 Å². The van der Waals surface area contributed by atoms with Gasteiger partial charge in [-0.15, -0.1) is 0 Å². The second kappa shape index (κ2) is 16.4. The highest BCUT2D eigenvalue weighted by Gasteiger charge is 2.51. The minimum Gasteiger partial charge on any atom is -0.312 e. The van der Waals surface area contributed by atoms with Gasteiger partial charge in [0.1, 0.15) is 0 Å². The molecule has 4 heterocycles. The van der Waals surface area contributed by atoms with Crippen LogP contribution in [0.1, 0.15) is 23.6 Å². The molecule has 9 aromatic rings. The standard InChI is InChI=1S/C62H41B2F3N2S/c1-3-40(41-18-7-4-8-19-41)31-30-39(2)46-24-17-25-47(62(65,66)67)60(46)69-52-28-15-13-26-48(52)63-50-36-44(42-20-9-5-10-21-42)32-34-53(50)68-54-35-33-45(43-22-11-6-12-23-43)37-51(54)64-49-27-14-16-29-56(49)70-57-38-55(69)58(63)61(68)59(57)64/h3-38H,1H2,2H3/b39-30+,40-31+. The van der Waals surface area contributed by atoms with Gasteiger partial charge in [0.25, 0.3) is 6.71 Å². The predicted octanol–water partition coefficient (Wildman–Crippen LogP) is 13.1. The van der Waals surface area contributed by atoms with E-state index < -0.39 is 11.7 Å². The number of hydrogen-bond acceptors (Lipinski definition) is 3. The number of halogens is 3. The van der Waals surface area contributed by atoms with Crippen LogP contribution in [0.15, 0.2) is 235 Å². The second-order valence-electron chi connectivity index (χ2n) is 18.3. The maximum Gasteiger partial charge on any atom is 0.418 e. The summed E-state index contributed by atoms with van der Waals surface area (Å²) in [5.74, 6) is 0. The molecule has 0 atom stereocenters. The Morgan fingerprint density at radius 2 is 1.04 bits per heavy atom. The molecule has 0 N–H and O–H groups in total. The summed E-state index contributed by atoms with van der Waals surface area (Å²) < 4.78 is 48.1. The lowest BCUT2D eigenvalue weighted by atomic mass is 9.29. The average Bonchev–Trinajstić information content (AvgIpc) is 3.40. The highest BCUT2D eigenvalue weighted by atomic mass is 32.2. The van der Waals surface area contributed by atoms with Gasteiger partial charge in [0.15, 0.2) is 0 Å². The number of hydrogen-bond donors (Lipinski definition) is 0. The number of fused-ring (bicyclic) bond motifs is 10. The van der Waals surface area contributed by atoms with Crippen LogP contribution in [-0.2, 0) is 6.18 Å². The van der Waals surface area contributed by atoms with Gasteiger partial charge >= 0.3 is 6.18 Å². The fraction of sp³-hybridized carbons (Fsp3) is 0.0323. The van der Waals surface area contributed by atoms with Crippen LogP contribution in [-0.4, -0.2) is 13.4 Å². The van der Waals surface area contributed by atoms with Crippen LogP contribution in [0.3, 0.4) is 0 Å². The molecule has 0 aliphatic carbocycles. The highest BCUT2D eigenvalue weighted by molar-refractivity contribution is 8.00. The van der Waals surface area contributed by atoms with Crippen LogP contribution in [0.25, 0.3) is 33.4 Å². The van der Waals surface area contributed by atoms with E-state index in [1.165, 1.54) is 28.5 Å². The zero-order chi connectivity index (χ0) is 47.3. The molecule has 4 aliphatic heterocycles. The SMILES string of the molecule is C=C/C(=C\C=C(/C)c1cccc(C(F)(F)F)c1N1c2ccccc2B2c3cc(-c4ccccc4)ccc3N3c4ccc(-c5ccccc5)cc4B4c5ccccc5Sc5cc1c2c3c54)c1ccccc1. The van der Waals surface area contributed by atoms with Crippen molar-refractivity contribution in [1.82, 2.24) is 0 Å². The molecule has 70 heavy (non-hydrogen) atoms. The van der Waals surface area contributed by atoms with Crippen LogP contribution in [0.2, 0.25) is 0 Å². The molecule has 0 spiro atoms. The molecule has 0 radical (unpaired) electrons. The lowest BCUT2D eigenvalue weighted by molar-refractivity contribution is -0.137. The lowest BCUT2D eigenvalue weighted by Crippen LogP contribution is -2.68. The first-order valence-corrected chi connectivity index (χ1v) is 24.4. The van der Waals surface area contributed by atoms with Crippen LogP contribution < -0.4 is 42.6 Å². The van der Waals surface area contributed by atoms with E-state index in [0.717, 1.165) is 88.0 Å².